The number of hydrogen-bond acceptors (Lipinski definition) is 1. The van der Waals surface area contributed by atoms with E-state index < -0.39 is 0 Å². The fourth-order valence-corrected chi connectivity index (χ4v) is 2.14. The maximum absolute atomic E-state index is 12.0. The Morgan fingerprint density at radius 3 is 3.07 bits per heavy atom. The van der Waals surface area contributed by atoms with Crippen molar-refractivity contribution in [1.82, 2.24) is 4.90 Å². The molecule has 0 saturated heterocycles. The highest BCUT2D eigenvalue weighted by Gasteiger charge is 2.33. The van der Waals surface area contributed by atoms with Crippen molar-refractivity contribution in [2.75, 3.05) is 13.6 Å². The Labute approximate surface area is 90.3 Å². The zero-order valence-electron chi connectivity index (χ0n) is 9.31. The van der Waals surface area contributed by atoms with E-state index in [0.29, 0.717) is 0 Å². The average molecular weight is 205 g/mol. The third kappa shape index (κ3) is 1.74. The molecule has 0 aliphatic carbocycles. The van der Waals surface area contributed by atoms with Crippen molar-refractivity contribution < 1.29 is 9.36 Å². The first-order valence-corrected chi connectivity index (χ1v) is 5.48. The number of nitrogens with zero attached hydrogens (tertiary/aromatic N) is 2. The lowest BCUT2D eigenvalue weighted by molar-refractivity contribution is -0.715. The van der Waals surface area contributed by atoms with E-state index in [1.54, 1.807) is 0 Å². The van der Waals surface area contributed by atoms with Gasteiger partial charge in [0.2, 0.25) is 6.04 Å². The number of pyridine rings is 1. The summed E-state index contributed by atoms with van der Waals surface area (Å²) in [5.74, 6) is 0.229. The molecule has 0 fully saturated rings. The molecule has 2 rings (SSSR count). The Kier molecular flexibility index (Phi) is 2.71. The second-order valence-corrected chi connectivity index (χ2v) is 4.03. The summed E-state index contributed by atoms with van der Waals surface area (Å²) in [6, 6.07) is 6.11. The van der Waals surface area contributed by atoms with Crippen LogP contribution < -0.4 is 4.57 Å². The molecule has 1 aromatic heterocycles. The van der Waals surface area contributed by atoms with Gasteiger partial charge < -0.3 is 4.90 Å². The zero-order valence-corrected chi connectivity index (χ0v) is 9.31. The molecular weight excluding hydrogens is 188 g/mol. The molecule has 0 unspecified atom stereocenters. The Hall–Kier alpha value is -1.38. The van der Waals surface area contributed by atoms with Crippen LogP contribution >= 0.6 is 0 Å². The Bertz CT molecular complexity index is 376. The molecule has 0 N–H and O–H groups in total. The van der Waals surface area contributed by atoms with E-state index in [2.05, 4.69) is 17.6 Å². The van der Waals surface area contributed by atoms with Crippen LogP contribution in [0.3, 0.4) is 0 Å². The fourth-order valence-electron chi connectivity index (χ4n) is 2.14. The summed E-state index contributed by atoms with van der Waals surface area (Å²) in [6.45, 7) is 2.88. The SMILES string of the molecule is CC[C@@H]1C(=O)N(C)CCc2cccc[n+]21. The summed E-state index contributed by atoms with van der Waals surface area (Å²) in [5.41, 5.74) is 1.25. The van der Waals surface area contributed by atoms with Crippen LogP contribution in [-0.2, 0) is 11.2 Å². The maximum Gasteiger partial charge on any atom is 0.291 e. The number of hydrogen-bond donors (Lipinski definition) is 0. The molecule has 1 aliphatic rings. The molecule has 1 aliphatic heterocycles. The van der Waals surface area contributed by atoms with Gasteiger partial charge in [-0.2, -0.15) is 4.57 Å². The van der Waals surface area contributed by atoms with Crippen LogP contribution in [0.25, 0.3) is 0 Å². The third-order valence-electron chi connectivity index (χ3n) is 3.07. The minimum Gasteiger partial charge on any atom is -0.339 e. The summed E-state index contributed by atoms with van der Waals surface area (Å²) in [6.07, 6.45) is 3.81. The monoisotopic (exact) mass is 205 g/mol. The average Bonchev–Trinajstić information content (AvgIpc) is 2.38. The molecular formula is C12H17N2O+. The lowest BCUT2D eigenvalue weighted by Crippen LogP contribution is -2.47. The molecule has 15 heavy (non-hydrogen) atoms. The van der Waals surface area contributed by atoms with Crippen molar-refractivity contribution in [3.05, 3.63) is 30.1 Å². The van der Waals surface area contributed by atoms with Crippen molar-refractivity contribution in [3.8, 4) is 0 Å². The molecule has 0 bridgehead atoms. The Morgan fingerprint density at radius 2 is 2.33 bits per heavy atom. The minimum absolute atomic E-state index is 0.0197. The maximum atomic E-state index is 12.0. The zero-order chi connectivity index (χ0) is 10.8. The molecule has 0 spiro atoms. The molecule has 80 valence electrons. The fraction of sp³-hybridized carbons (Fsp3) is 0.500. The predicted octanol–water partition coefficient (Wildman–Crippen LogP) is 0.940. The molecule has 3 nitrogen and oxygen atoms in total. The number of fused-ring (bicyclic) bond motifs is 1. The second kappa shape index (κ2) is 4.01. The van der Waals surface area contributed by atoms with Gasteiger partial charge in [-0.25, -0.2) is 0 Å². The first-order valence-electron chi connectivity index (χ1n) is 5.48. The summed E-state index contributed by atoms with van der Waals surface area (Å²) in [7, 11) is 1.89. The Morgan fingerprint density at radius 1 is 1.53 bits per heavy atom. The van der Waals surface area contributed by atoms with Gasteiger partial charge in [-0.05, 0) is 0 Å². The summed E-state index contributed by atoms with van der Waals surface area (Å²) < 4.78 is 2.12. The number of likely N-dealkylation sites (N-methyl/N-ethyl adjacent to an activating group) is 1. The lowest BCUT2D eigenvalue weighted by atomic mass is 10.2. The van der Waals surface area contributed by atoms with Gasteiger partial charge in [-0.1, -0.05) is 13.0 Å². The van der Waals surface area contributed by atoms with Crippen LogP contribution in [0.4, 0.5) is 0 Å². The van der Waals surface area contributed by atoms with E-state index in [1.165, 1.54) is 5.69 Å². The van der Waals surface area contributed by atoms with Crippen LogP contribution in [0.15, 0.2) is 24.4 Å². The largest absolute Gasteiger partial charge is 0.339 e. The topological polar surface area (TPSA) is 24.2 Å². The van der Waals surface area contributed by atoms with Crippen LogP contribution in [0.5, 0.6) is 0 Å². The lowest BCUT2D eigenvalue weighted by Gasteiger charge is -2.15. The predicted molar refractivity (Wildman–Crippen MR) is 57.3 cm³/mol. The second-order valence-electron chi connectivity index (χ2n) is 4.03. The van der Waals surface area contributed by atoms with Crippen molar-refractivity contribution in [2.45, 2.75) is 25.8 Å². The number of amides is 1. The van der Waals surface area contributed by atoms with Gasteiger partial charge in [-0.15, -0.1) is 0 Å². The van der Waals surface area contributed by atoms with Gasteiger partial charge in [0.25, 0.3) is 5.91 Å². The molecule has 1 atom stereocenters. The normalized spacial score (nSPS) is 21.1. The van der Waals surface area contributed by atoms with E-state index in [0.717, 1.165) is 19.4 Å². The Balaban J connectivity index is 2.45. The van der Waals surface area contributed by atoms with Crippen LogP contribution in [-0.4, -0.2) is 24.4 Å². The summed E-state index contributed by atoms with van der Waals surface area (Å²) in [5, 5.41) is 0. The van der Waals surface area contributed by atoms with E-state index in [-0.39, 0.29) is 11.9 Å². The summed E-state index contributed by atoms with van der Waals surface area (Å²) in [4.78, 5) is 13.9. The van der Waals surface area contributed by atoms with E-state index >= 15 is 0 Å². The van der Waals surface area contributed by atoms with Crippen molar-refractivity contribution in [2.24, 2.45) is 0 Å². The highest BCUT2D eigenvalue weighted by molar-refractivity contribution is 5.78. The van der Waals surface area contributed by atoms with Gasteiger partial charge in [0.1, 0.15) is 0 Å². The number of carbonyl (C=O) groups is 1. The molecule has 2 heterocycles. The van der Waals surface area contributed by atoms with Gasteiger partial charge in [0, 0.05) is 32.1 Å². The summed E-state index contributed by atoms with van der Waals surface area (Å²) >= 11 is 0. The van der Waals surface area contributed by atoms with E-state index in [9.17, 15) is 4.79 Å². The van der Waals surface area contributed by atoms with Crippen LogP contribution in [0, 0.1) is 0 Å². The standard InChI is InChI=1S/C12H17N2O/c1-3-11-12(15)13(2)9-7-10-6-4-5-8-14(10)11/h4-6,8,11H,3,7,9H2,1-2H3/q+1/t11-/m1/s1. The molecule has 0 saturated carbocycles. The smallest absolute Gasteiger partial charge is 0.291 e. The van der Waals surface area contributed by atoms with Crippen LogP contribution in [0.1, 0.15) is 25.1 Å². The molecule has 1 aromatic rings. The van der Waals surface area contributed by atoms with Crippen molar-refractivity contribution >= 4 is 5.91 Å². The third-order valence-corrected chi connectivity index (χ3v) is 3.07. The minimum atomic E-state index is -0.0197. The number of rotatable bonds is 1. The van der Waals surface area contributed by atoms with E-state index in [1.807, 2.05) is 30.3 Å². The molecule has 3 heteroatoms. The van der Waals surface area contributed by atoms with Gasteiger partial charge in [0.15, 0.2) is 11.9 Å². The van der Waals surface area contributed by atoms with Gasteiger partial charge in [0.05, 0.1) is 6.42 Å². The highest BCUT2D eigenvalue weighted by atomic mass is 16.2. The van der Waals surface area contributed by atoms with Gasteiger partial charge >= 0.3 is 0 Å². The van der Waals surface area contributed by atoms with Gasteiger partial charge in [-0.3, -0.25) is 4.79 Å². The van der Waals surface area contributed by atoms with Crippen molar-refractivity contribution in [1.29, 1.82) is 0 Å². The molecule has 0 radical (unpaired) electrons. The van der Waals surface area contributed by atoms with Crippen LogP contribution in [0.2, 0.25) is 0 Å². The first-order chi connectivity index (χ1) is 7.24. The number of aromatic nitrogens is 1. The van der Waals surface area contributed by atoms with Crippen molar-refractivity contribution in [3.63, 3.8) is 0 Å². The molecule has 0 aromatic carbocycles. The quantitative estimate of drug-likeness (QED) is 0.626. The molecule has 1 amide bonds. The van der Waals surface area contributed by atoms with E-state index in [4.69, 9.17) is 0 Å². The number of carbonyl (C=O) groups excluding carboxylic acids is 1. The highest BCUT2D eigenvalue weighted by Crippen LogP contribution is 2.12. The first kappa shape index (κ1) is 10.1.